The molecule has 3 rings (SSSR count). The van der Waals surface area contributed by atoms with Crippen molar-refractivity contribution in [2.75, 3.05) is 38.6 Å². The fourth-order valence-electron chi connectivity index (χ4n) is 3.53. The Bertz CT molecular complexity index is 793. The first kappa shape index (κ1) is 21.0. The van der Waals surface area contributed by atoms with Gasteiger partial charge in [0.15, 0.2) is 0 Å². The number of benzene rings is 1. The van der Waals surface area contributed by atoms with Gasteiger partial charge in [0.1, 0.15) is 5.75 Å². The highest BCUT2D eigenvalue weighted by Gasteiger charge is 2.33. The molecule has 0 radical (unpaired) electrons. The summed E-state index contributed by atoms with van der Waals surface area (Å²) in [5.74, 6) is 0.844. The Morgan fingerprint density at radius 1 is 1.21 bits per heavy atom. The minimum absolute atomic E-state index is 0.0491. The highest BCUT2D eigenvalue weighted by molar-refractivity contribution is 5.94. The van der Waals surface area contributed by atoms with E-state index >= 15 is 0 Å². The Balaban J connectivity index is 1.56. The monoisotopic (exact) mass is 402 g/mol. The predicted octanol–water partition coefficient (Wildman–Crippen LogP) is 2.87. The van der Waals surface area contributed by atoms with E-state index in [9.17, 15) is 9.59 Å². The van der Waals surface area contributed by atoms with Crippen LogP contribution in [-0.2, 0) is 9.63 Å². The van der Waals surface area contributed by atoms with Crippen LogP contribution in [0.25, 0.3) is 0 Å². The van der Waals surface area contributed by atoms with Crippen LogP contribution < -0.4 is 10.1 Å². The van der Waals surface area contributed by atoms with Crippen molar-refractivity contribution in [2.45, 2.75) is 39.7 Å². The zero-order valence-electron chi connectivity index (χ0n) is 17.6. The number of oxime groups is 1. The molecule has 1 saturated heterocycles. The van der Waals surface area contributed by atoms with Crippen LogP contribution in [0.1, 0.15) is 32.3 Å². The second-order valence-corrected chi connectivity index (χ2v) is 7.84. The highest BCUT2D eigenvalue weighted by Crippen LogP contribution is 2.26. The summed E-state index contributed by atoms with van der Waals surface area (Å²) < 4.78 is 5.33. The minimum Gasteiger partial charge on any atom is -0.495 e. The normalized spacial score (nSPS) is 19.5. The molecular weight excluding hydrogens is 372 g/mol. The Kier molecular flexibility index (Phi) is 6.61. The van der Waals surface area contributed by atoms with Crippen molar-refractivity contribution in [1.29, 1.82) is 0 Å². The van der Waals surface area contributed by atoms with Crippen LogP contribution in [0.15, 0.2) is 23.4 Å². The molecule has 2 aliphatic rings. The molecule has 0 saturated carbocycles. The predicted molar refractivity (Wildman–Crippen MR) is 111 cm³/mol. The third-order valence-corrected chi connectivity index (χ3v) is 5.32. The van der Waals surface area contributed by atoms with Gasteiger partial charge in [-0.05, 0) is 37.0 Å². The summed E-state index contributed by atoms with van der Waals surface area (Å²) in [5.41, 5.74) is 2.60. The molecule has 8 nitrogen and oxygen atoms in total. The van der Waals surface area contributed by atoms with Gasteiger partial charge in [0.25, 0.3) is 5.91 Å². The molecular formula is C21H30N4O4. The maximum Gasteiger partial charge on any atom is 0.322 e. The number of aryl methyl sites for hydroxylation is 1. The third-order valence-electron chi connectivity index (χ3n) is 5.32. The number of ether oxygens (including phenoxy) is 1. The van der Waals surface area contributed by atoms with Gasteiger partial charge in [0, 0.05) is 32.6 Å². The SMILES string of the molecule is COc1ccc(C)cc1NC(=O)N1CCCN(C(=O)C2CC(C(C)C)=NO2)CC1. The number of carbonyl (C=O) groups excluding carboxylic acids is 2. The highest BCUT2D eigenvalue weighted by atomic mass is 16.6. The second kappa shape index (κ2) is 9.15. The summed E-state index contributed by atoms with van der Waals surface area (Å²) >= 11 is 0. The second-order valence-electron chi connectivity index (χ2n) is 7.84. The smallest absolute Gasteiger partial charge is 0.322 e. The van der Waals surface area contributed by atoms with Crippen LogP contribution in [0.3, 0.4) is 0 Å². The lowest BCUT2D eigenvalue weighted by Crippen LogP contribution is -2.42. The lowest BCUT2D eigenvalue weighted by atomic mass is 10.0. The summed E-state index contributed by atoms with van der Waals surface area (Å²) in [5, 5.41) is 6.98. The molecule has 1 fully saturated rings. The number of nitrogens with zero attached hydrogens (tertiary/aromatic N) is 3. The fraction of sp³-hybridized carbons (Fsp3) is 0.571. The van der Waals surface area contributed by atoms with Gasteiger partial charge in [0.05, 0.1) is 18.5 Å². The molecule has 0 spiro atoms. The van der Waals surface area contributed by atoms with Crippen molar-refractivity contribution >= 4 is 23.3 Å². The van der Waals surface area contributed by atoms with Crippen molar-refractivity contribution in [2.24, 2.45) is 11.1 Å². The zero-order valence-corrected chi connectivity index (χ0v) is 17.6. The van der Waals surface area contributed by atoms with Gasteiger partial charge in [0.2, 0.25) is 6.10 Å². The first-order valence-electron chi connectivity index (χ1n) is 10.1. The lowest BCUT2D eigenvalue weighted by Gasteiger charge is -2.24. The molecule has 0 aliphatic carbocycles. The van der Waals surface area contributed by atoms with Crippen molar-refractivity contribution < 1.29 is 19.2 Å². The summed E-state index contributed by atoms with van der Waals surface area (Å²) in [6, 6.07) is 5.46. The standard InChI is InChI=1S/C21H30N4O4/c1-14(2)16-13-19(29-23-16)20(26)24-8-5-9-25(11-10-24)21(27)22-17-12-15(3)6-7-18(17)28-4/h6-7,12,14,19H,5,8-11,13H2,1-4H3,(H,22,27). The molecule has 3 amide bonds. The van der Waals surface area contributed by atoms with Crippen molar-refractivity contribution in [3.05, 3.63) is 23.8 Å². The largest absolute Gasteiger partial charge is 0.495 e. The first-order valence-corrected chi connectivity index (χ1v) is 10.1. The van der Waals surface area contributed by atoms with Crippen molar-refractivity contribution in [3.8, 4) is 5.75 Å². The summed E-state index contributed by atoms with van der Waals surface area (Å²) in [4.78, 5) is 34.4. The van der Waals surface area contributed by atoms with Gasteiger partial charge >= 0.3 is 6.03 Å². The summed E-state index contributed by atoms with van der Waals surface area (Å²) in [6.45, 7) is 8.19. The van der Waals surface area contributed by atoms with Crippen LogP contribution in [0.5, 0.6) is 5.75 Å². The summed E-state index contributed by atoms with van der Waals surface area (Å²) in [6.07, 6.45) is 0.725. The summed E-state index contributed by atoms with van der Waals surface area (Å²) in [7, 11) is 1.58. The molecule has 0 aromatic heterocycles. The van der Waals surface area contributed by atoms with E-state index in [0.29, 0.717) is 50.5 Å². The number of nitrogens with one attached hydrogen (secondary N) is 1. The molecule has 8 heteroatoms. The number of methoxy groups -OCH3 is 1. The molecule has 1 aromatic carbocycles. The van der Waals surface area contributed by atoms with E-state index in [1.165, 1.54) is 0 Å². The average Bonchev–Trinajstić information content (AvgIpc) is 3.06. The molecule has 158 valence electrons. The zero-order chi connectivity index (χ0) is 21.0. The van der Waals surface area contributed by atoms with Gasteiger partial charge in [-0.15, -0.1) is 0 Å². The third kappa shape index (κ3) is 4.99. The Labute approximate surface area is 171 Å². The number of amides is 3. The Morgan fingerprint density at radius 2 is 1.93 bits per heavy atom. The van der Waals surface area contributed by atoms with E-state index in [-0.39, 0.29) is 17.9 Å². The maximum absolute atomic E-state index is 12.8. The van der Waals surface area contributed by atoms with Crippen LogP contribution >= 0.6 is 0 Å². The molecule has 2 heterocycles. The van der Waals surface area contributed by atoms with E-state index in [2.05, 4.69) is 10.5 Å². The molecule has 1 unspecified atom stereocenters. The first-order chi connectivity index (χ1) is 13.9. The van der Waals surface area contributed by atoms with E-state index in [4.69, 9.17) is 9.57 Å². The van der Waals surface area contributed by atoms with Crippen LogP contribution in [-0.4, -0.2) is 66.8 Å². The van der Waals surface area contributed by atoms with Crippen LogP contribution in [0, 0.1) is 12.8 Å². The van der Waals surface area contributed by atoms with E-state index in [1.807, 2.05) is 39.0 Å². The average molecular weight is 402 g/mol. The molecule has 1 N–H and O–H groups in total. The van der Waals surface area contributed by atoms with Crippen molar-refractivity contribution in [1.82, 2.24) is 9.80 Å². The lowest BCUT2D eigenvalue weighted by molar-refractivity contribution is -0.141. The molecule has 0 bridgehead atoms. The number of carbonyl (C=O) groups is 2. The Hall–Kier alpha value is -2.77. The van der Waals surface area contributed by atoms with Gasteiger partial charge in [-0.2, -0.15) is 0 Å². The van der Waals surface area contributed by atoms with Gasteiger partial charge in [-0.3, -0.25) is 4.79 Å². The number of urea groups is 1. The minimum atomic E-state index is -0.538. The molecule has 29 heavy (non-hydrogen) atoms. The molecule has 1 atom stereocenters. The van der Waals surface area contributed by atoms with Crippen LogP contribution in [0.4, 0.5) is 10.5 Å². The topological polar surface area (TPSA) is 83.5 Å². The molecule has 2 aliphatic heterocycles. The maximum atomic E-state index is 12.8. The van der Waals surface area contributed by atoms with Gasteiger partial charge < -0.3 is 24.7 Å². The Morgan fingerprint density at radius 3 is 2.62 bits per heavy atom. The quantitative estimate of drug-likeness (QED) is 0.839. The van der Waals surface area contributed by atoms with Gasteiger partial charge in [-0.25, -0.2) is 4.79 Å². The van der Waals surface area contributed by atoms with Crippen molar-refractivity contribution in [3.63, 3.8) is 0 Å². The van der Waals surface area contributed by atoms with E-state index in [0.717, 1.165) is 11.3 Å². The number of anilines is 1. The number of hydrogen-bond donors (Lipinski definition) is 1. The van der Waals surface area contributed by atoms with Gasteiger partial charge in [-0.1, -0.05) is 25.1 Å². The number of hydrogen-bond acceptors (Lipinski definition) is 5. The van der Waals surface area contributed by atoms with Crippen LogP contribution in [0.2, 0.25) is 0 Å². The number of rotatable bonds is 4. The van der Waals surface area contributed by atoms with E-state index in [1.54, 1.807) is 16.9 Å². The molecule has 1 aromatic rings. The fourth-order valence-corrected chi connectivity index (χ4v) is 3.53. The van der Waals surface area contributed by atoms with E-state index < -0.39 is 6.10 Å².